The number of aliphatic hydroxyl groups is 1. The lowest BCUT2D eigenvalue weighted by atomic mass is 9.46. The molecule has 5 atom stereocenters. The van der Waals surface area contributed by atoms with Gasteiger partial charge >= 0.3 is 5.97 Å². The van der Waals surface area contributed by atoms with E-state index in [1.54, 1.807) is 0 Å². The molecular formula is C22H34O4. The molecule has 0 aliphatic heterocycles. The summed E-state index contributed by atoms with van der Waals surface area (Å²) in [7, 11) is 0. The number of hydrogen-bond acceptors (Lipinski definition) is 4. The van der Waals surface area contributed by atoms with Gasteiger partial charge in [0.25, 0.3) is 0 Å². The van der Waals surface area contributed by atoms with Gasteiger partial charge in [0.2, 0.25) is 0 Å². The Labute approximate surface area is 157 Å². The molecule has 2 saturated carbocycles. The molecule has 1 N–H and O–H groups in total. The average Bonchev–Trinajstić information content (AvgIpc) is 2.57. The Bertz CT molecular complexity index is 593. The first-order valence-electron chi connectivity index (χ1n) is 9.76. The zero-order chi connectivity index (χ0) is 19.5. The molecule has 0 saturated heterocycles. The maximum atomic E-state index is 12.2. The molecule has 2 fully saturated rings. The molecule has 0 aromatic heterocycles. The molecule has 0 spiro atoms. The van der Waals surface area contributed by atoms with Crippen LogP contribution in [-0.2, 0) is 14.3 Å². The van der Waals surface area contributed by atoms with E-state index >= 15 is 0 Å². The van der Waals surface area contributed by atoms with Crippen molar-refractivity contribution in [2.24, 2.45) is 22.7 Å². The number of esters is 1. The van der Waals surface area contributed by atoms with E-state index in [1.165, 1.54) is 18.1 Å². The van der Waals surface area contributed by atoms with Gasteiger partial charge in [0, 0.05) is 6.92 Å². The van der Waals surface area contributed by atoms with Crippen molar-refractivity contribution in [3.05, 3.63) is 23.8 Å². The molecule has 0 aromatic rings. The molecule has 0 aromatic carbocycles. The zero-order valence-electron chi connectivity index (χ0n) is 16.7. The van der Waals surface area contributed by atoms with Crippen LogP contribution in [0.4, 0.5) is 0 Å². The van der Waals surface area contributed by atoms with Crippen LogP contribution in [0.5, 0.6) is 0 Å². The molecule has 26 heavy (non-hydrogen) atoms. The second kappa shape index (κ2) is 8.08. The third kappa shape index (κ3) is 3.80. The van der Waals surface area contributed by atoms with Crippen LogP contribution in [0, 0.1) is 22.7 Å². The van der Waals surface area contributed by atoms with Crippen molar-refractivity contribution >= 4 is 12.3 Å². The highest BCUT2D eigenvalue weighted by molar-refractivity contribution is 5.68. The van der Waals surface area contributed by atoms with Crippen LogP contribution in [0.2, 0.25) is 0 Å². The average molecular weight is 363 g/mol. The number of aldehydes is 1. The summed E-state index contributed by atoms with van der Waals surface area (Å²) in [6.45, 7) is 12.2. The highest BCUT2D eigenvalue weighted by Crippen LogP contribution is 2.61. The van der Waals surface area contributed by atoms with E-state index in [0.717, 1.165) is 44.8 Å². The van der Waals surface area contributed by atoms with Gasteiger partial charge in [0.1, 0.15) is 12.4 Å². The van der Waals surface area contributed by atoms with E-state index in [-0.39, 0.29) is 30.0 Å². The van der Waals surface area contributed by atoms with Crippen molar-refractivity contribution in [3.63, 3.8) is 0 Å². The molecule has 0 amide bonds. The van der Waals surface area contributed by atoms with Crippen LogP contribution >= 0.6 is 0 Å². The smallest absolute Gasteiger partial charge is 0.302 e. The maximum Gasteiger partial charge on any atom is 0.302 e. The monoisotopic (exact) mass is 362 g/mol. The molecule has 4 nitrogen and oxygen atoms in total. The minimum atomic E-state index is -0.645. The van der Waals surface area contributed by atoms with Gasteiger partial charge in [-0.05, 0) is 69.6 Å². The molecule has 146 valence electrons. The number of allylic oxidation sites excluding steroid dienone is 2. The Morgan fingerprint density at radius 1 is 1.35 bits per heavy atom. The Kier molecular flexibility index (Phi) is 6.49. The van der Waals surface area contributed by atoms with Crippen LogP contribution in [-0.4, -0.2) is 30.1 Å². The normalized spacial score (nSPS) is 37.8. The van der Waals surface area contributed by atoms with Gasteiger partial charge in [-0.15, -0.1) is 0 Å². The summed E-state index contributed by atoms with van der Waals surface area (Å²) < 4.78 is 5.55. The fraction of sp³-hybridized carbons (Fsp3) is 0.727. The maximum absolute atomic E-state index is 12.2. The predicted octanol–water partition coefficient (Wildman–Crippen LogP) is 4.22. The van der Waals surface area contributed by atoms with E-state index in [2.05, 4.69) is 20.4 Å². The standard InChI is InChI=1S/C22H34O4/c1-15(11-13-23)6-8-18-16(2)7-9-19-21(18,4)12-10-20(26-17(3)25)22(19,5)14-24/h11,14,18-20,23H,2,6-10,12-13H2,1,3-5H3. The van der Waals surface area contributed by atoms with E-state index in [9.17, 15) is 9.59 Å². The SMILES string of the molecule is C=C1CCC2C(C)(C=O)C(OC(C)=O)CCC2(C)C1CCC(C)=CCO. The first kappa shape index (κ1) is 20.9. The molecule has 2 rings (SSSR count). The predicted molar refractivity (Wildman–Crippen MR) is 102 cm³/mol. The highest BCUT2D eigenvalue weighted by atomic mass is 16.5. The summed E-state index contributed by atoms with van der Waals surface area (Å²) in [4.78, 5) is 23.7. The minimum absolute atomic E-state index is 0.0128. The van der Waals surface area contributed by atoms with Crippen molar-refractivity contribution < 1.29 is 19.4 Å². The van der Waals surface area contributed by atoms with Crippen molar-refractivity contribution in [1.29, 1.82) is 0 Å². The lowest BCUT2D eigenvalue weighted by Crippen LogP contribution is -2.57. The Balaban J connectivity index is 2.29. The summed E-state index contributed by atoms with van der Waals surface area (Å²) >= 11 is 0. The van der Waals surface area contributed by atoms with E-state index < -0.39 is 5.41 Å². The first-order chi connectivity index (χ1) is 12.2. The second-order valence-electron chi connectivity index (χ2n) is 8.70. The molecule has 4 heteroatoms. The van der Waals surface area contributed by atoms with Crippen LogP contribution in [0.25, 0.3) is 0 Å². The van der Waals surface area contributed by atoms with Gasteiger partial charge in [-0.25, -0.2) is 0 Å². The van der Waals surface area contributed by atoms with Gasteiger partial charge in [0.15, 0.2) is 0 Å². The largest absolute Gasteiger partial charge is 0.462 e. The van der Waals surface area contributed by atoms with Crippen LogP contribution in [0.3, 0.4) is 0 Å². The van der Waals surface area contributed by atoms with E-state index in [1.807, 2.05) is 13.0 Å². The molecule has 2 aliphatic rings. The van der Waals surface area contributed by atoms with Gasteiger partial charge in [-0.2, -0.15) is 0 Å². The number of rotatable bonds is 6. The number of carbonyl (C=O) groups excluding carboxylic acids is 2. The topological polar surface area (TPSA) is 63.6 Å². The highest BCUT2D eigenvalue weighted by Gasteiger charge is 2.59. The third-order valence-electron chi connectivity index (χ3n) is 7.06. The molecule has 5 unspecified atom stereocenters. The van der Waals surface area contributed by atoms with Crippen molar-refractivity contribution in [1.82, 2.24) is 0 Å². The quantitative estimate of drug-likeness (QED) is 0.436. The molecule has 0 heterocycles. The summed E-state index contributed by atoms with van der Waals surface area (Å²) in [6, 6.07) is 0. The number of carbonyl (C=O) groups is 2. The Morgan fingerprint density at radius 3 is 2.62 bits per heavy atom. The van der Waals surface area contributed by atoms with Crippen molar-refractivity contribution in [2.45, 2.75) is 72.3 Å². The van der Waals surface area contributed by atoms with Crippen LogP contribution < -0.4 is 0 Å². The van der Waals surface area contributed by atoms with Crippen molar-refractivity contribution in [3.8, 4) is 0 Å². The molecule has 0 bridgehead atoms. The number of aliphatic hydroxyl groups excluding tert-OH is 1. The van der Waals surface area contributed by atoms with Gasteiger partial charge < -0.3 is 14.6 Å². The summed E-state index contributed by atoms with van der Waals surface area (Å²) in [5, 5.41) is 9.09. The summed E-state index contributed by atoms with van der Waals surface area (Å²) in [5.41, 5.74) is 1.81. The number of ether oxygens (including phenoxy) is 1. The van der Waals surface area contributed by atoms with Gasteiger partial charge in [-0.1, -0.05) is 30.7 Å². The van der Waals surface area contributed by atoms with Crippen LogP contribution in [0.1, 0.15) is 66.2 Å². The van der Waals surface area contributed by atoms with E-state index in [4.69, 9.17) is 9.84 Å². The molecule has 2 aliphatic carbocycles. The minimum Gasteiger partial charge on any atom is -0.462 e. The van der Waals surface area contributed by atoms with E-state index in [0.29, 0.717) is 5.92 Å². The zero-order valence-corrected chi connectivity index (χ0v) is 16.7. The van der Waals surface area contributed by atoms with Crippen molar-refractivity contribution in [2.75, 3.05) is 6.61 Å². The number of fused-ring (bicyclic) bond motifs is 1. The molecule has 0 radical (unpaired) electrons. The fourth-order valence-electron chi connectivity index (χ4n) is 5.60. The fourth-order valence-corrected chi connectivity index (χ4v) is 5.60. The summed E-state index contributed by atoms with van der Waals surface area (Å²) in [5.74, 6) is 0.220. The second-order valence-corrected chi connectivity index (χ2v) is 8.70. The molecular weight excluding hydrogens is 328 g/mol. The van der Waals surface area contributed by atoms with Gasteiger partial charge in [0.05, 0.1) is 12.0 Å². The van der Waals surface area contributed by atoms with Gasteiger partial charge in [-0.3, -0.25) is 4.79 Å². The Hall–Kier alpha value is -1.42. The Morgan fingerprint density at radius 2 is 2.04 bits per heavy atom. The van der Waals surface area contributed by atoms with Crippen LogP contribution in [0.15, 0.2) is 23.8 Å². The first-order valence-corrected chi connectivity index (χ1v) is 9.76. The third-order valence-corrected chi connectivity index (χ3v) is 7.06. The lowest BCUT2D eigenvalue weighted by molar-refractivity contribution is -0.177. The lowest BCUT2D eigenvalue weighted by Gasteiger charge is -2.59. The summed E-state index contributed by atoms with van der Waals surface area (Å²) in [6.07, 6.45) is 7.97. The number of hydrogen-bond donors (Lipinski definition) is 1.